The number of rotatable bonds is 6. The summed E-state index contributed by atoms with van der Waals surface area (Å²) in [6, 6.07) is 7.85. The van der Waals surface area contributed by atoms with Crippen LogP contribution in [0.25, 0.3) is 16.8 Å². The first-order valence-corrected chi connectivity index (χ1v) is 14.4. The molecule has 0 saturated carbocycles. The number of halogens is 2. The van der Waals surface area contributed by atoms with Crippen molar-refractivity contribution in [1.29, 1.82) is 0 Å². The monoisotopic (exact) mass is 575 g/mol. The van der Waals surface area contributed by atoms with E-state index in [1.165, 1.54) is 19.1 Å². The van der Waals surface area contributed by atoms with Gasteiger partial charge in [-0.3, -0.25) is 9.78 Å². The van der Waals surface area contributed by atoms with Crippen LogP contribution in [0.15, 0.2) is 48.9 Å². The third-order valence-corrected chi connectivity index (χ3v) is 8.42. The van der Waals surface area contributed by atoms with Crippen LogP contribution in [0.2, 0.25) is 0 Å². The molecule has 0 unspecified atom stereocenters. The first-order chi connectivity index (χ1) is 20.3. The van der Waals surface area contributed by atoms with Gasteiger partial charge in [0.05, 0.1) is 23.0 Å². The number of nitrogens with zero attached hydrogens (tertiary/aromatic N) is 5. The number of piperidine rings is 1. The first-order valence-electron chi connectivity index (χ1n) is 14.4. The number of hydrogen-bond donors (Lipinski definition) is 2. The number of anilines is 1. The van der Waals surface area contributed by atoms with E-state index in [1.807, 2.05) is 6.07 Å². The molecule has 220 valence electrons. The normalized spacial score (nSPS) is 21.5. The summed E-state index contributed by atoms with van der Waals surface area (Å²) in [5, 5.41) is 7.62. The van der Waals surface area contributed by atoms with Crippen LogP contribution in [-0.2, 0) is 16.0 Å². The smallest absolute Gasteiger partial charge is 0.217 e. The van der Waals surface area contributed by atoms with Gasteiger partial charge in [0.25, 0.3) is 0 Å². The predicted octanol–water partition coefficient (Wildman–Crippen LogP) is 3.84. The van der Waals surface area contributed by atoms with Gasteiger partial charge in [0, 0.05) is 75.4 Å². The van der Waals surface area contributed by atoms with Crippen LogP contribution in [0.4, 0.5) is 14.5 Å². The maximum Gasteiger partial charge on any atom is 0.217 e. The quantitative estimate of drug-likeness (QED) is 0.360. The molecule has 42 heavy (non-hydrogen) atoms. The van der Waals surface area contributed by atoms with Crippen LogP contribution < -0.4 is 16.0 Å². The molecule has 4 aromatic rings. The Bertz CT molecular complexity index is 1570. The number of hydrogen-bond acceptors (Lipinski definition) is 7. The Hall–Kier alpha value is -3.96. The summed E-state index contributed by atoms with van der Waals surface area (Å²) < 4.78 is 37.8. The van der Waals surface area contributed by atoms with E-state index in [1.54, 1.807) is 35.2 Å². The van der Waals surface area contributed by atoms with Crippen molar-refractivity contribution >= 4 is 17.1 Å². The summed E-state index contributed by atoms with van der Waals surface area (Å²) in [6.07, 6.45) is 7.12. The maximum absolute atomic E-state index is 15.4. The van der Waals surface area contributed by atoms with Crippen LogP contribution in [0.5, 0.6) is 0 Å². The van der Waals surface area contributed by atoms with Crippen molar-refractivity contribution in [2.45, 2.75) is 51.1 Å². The Labute approximate surface area is 243 Å². The van der Waals surface area contributed by atoms with E-state index < -0.39 is 11.6 Å². The zero-order chi connectivity index (χ0) is 29.4. The second-order valence-electron chi connectivity index (χ2n) is 11.4. The summed E-state index contributed by atoms with van der Waals surface area (Å²) in [7, 11) is 0. The van der Waals surface area contributed by atoms with Gasteiger partial charge < -0.3 is 20.7 Å². The highest BCUT2D eigenvalue weighted by atomic mass is 19.1. The fraction of sp³-hybridized carbons (Fsp3) is 0.419. The number of benzene rings is 1. The highest BCUT2D eigenvalue weighted by Gasteiger charge is 2.34. The lowest BCUT2D eigenvalue weighted by atomic mass is 9.89. The van der Waals surface area contributed by atoms with E-state index in [9.17, 15) is 4.79 Å². The first kappa shape index (κ1) is 28.2. The Balaban J connectivity index is 1.28. The second-order valence-corrected chi connectivity index (χ2v) is 11.4. The third-order valence-electron chi connectivity index (χ3n) is 8.42. The SMILES string of the molecule is CC(=O)N[C@@H]1[C@H](N)CN(c2ccncc2Cc2ncc3ccc(-c4c(F)cc(C5CCOCC5)cc4F)nn23)C[C@@H]1C. The minimum Gasteiger partial charge on any atom is -0.381 e. The molecule has 2 aliphatic rings. The van der Waals surface area contributed by atoms with Gasteiger partial charge in [-0.05, 0) is 60.6 Å². The fourth-order valence-electron chi connectivity index (χ4n) is 6.33. The molecule has 0 spiro atoms. The molecule has 5 heterocycles. The lowest BCUT2D eigenvalue weighted by Gasteiger charge is -2.43. The number of nitrogens with two attached hydrogens (primary N) is 1. The Kier molecular flexibility index (Phi) is 7.87. The number of aromatic nitrogens is 4. The molecule has 3 aromatic heterocycles. The van der Waals surface area contributed by atoms with Gasteiger partial charge in [0.1, 0.15) is 17.5 Å². The number of imidazole rings is 1. The van der Waals surface area contributed by atoms with E-state index in [0.717, 1.165) is 24.1 Å². The molecular formula is C31H35F2N7O2. The minimum atomic E-state index is -0.632. The molecule has 2 saturated heterocycles. The van der Waals surface area contributed by atoms with Crippen molar-refractivity contribution < 1.29 is 18.3 Å². The molecule has 3 N–H and O–H groups in total. The van der Waals surface area contributed by atoms with Crippen molar-refractivity contribution in [3.8, 4) is 11.3 Å². The number of amides is 1. The number of carbonyl (C=O) groups excluding carboxylic acids is 1. The number of nitrogens with one attached hydrogen (secondary N) is 1. The van der Waals surface area contributed by atoms with E-state index in [2.05, 4.69) is 32.2 Å². The average Bonchev–Trinajstić information content (AvgIpc) is 3.37. The fourth-order valence-corrected chi connectivity index (χ4v) is 6.33. The van der Waals surface area contributed by atoms with Crippen molar-refractivity contribution in [3.63, 3.8) is 0 Å². The second kappa shape index (κ2) is 11.7. The molecule has 0 bridgehead atoms. The molecule has 3 atom stereocenters. The average molecular weight is 576 g/mol. The Morgan fingerprint density at radius 3 is 2.60 bits per heavy atom. The van der Waals surface area contributed by atoms with Gasteiger partial charge in [-0.25, -0.2) is 18.3 Å². The highest BCUT2D eigenvalue weighted by Crippen LogP contribution is 2.33. The van der Waals surface area contributed by atoms with Gasteiger partial charge >= 0.3 is 0 Å². The Morgan fingerprint density at radius 1 is 1.12 bits per heavy atom. The van der Waals surface area contributed by atoms with Crippen LogP contribution in [0.3, 0.4) is 0 Å². The molecule has 0 aliphatic carbocycles. The lowest BCUT2D eigenvalue weighted by molar-refractivity contribution is -0.120. The summed E-state index contributed by atoms with van der Waals surface area (Å²) in [5.74, 6) is -0.521. The van der Waals surface area contributed by atoms with E-state index >= 15 is 8.78 Å². The molecule has 1 amide bonds. The number of pyridine rings is 1. The van der Waals surface area contributed by atoms with Crippen molar-refractivity contribution in [1.82, 2.24) is 24.9 Å². The highest BCUT2D eigenvalue weighted by molar-refractivity contribution is 5.73. The van der Waals surface area contributed by atoms with Crippen LogP contribution in [0.1, 0.15) is 49.6 Å². The maximum atomic E-state index is 15.4. The molecule has 1 aromatic carbocycles. The number of carbonyl (C=O) groups is 1. The number of fused-ring (bicyclic) bond motifs is 1. The largest absolute Gasteiger partial charge is 0.381 e. The predicted molar refractivity (Wildman–Crippen MR) is 155 cm³/mol. The molecule has 2 aliphatic heterocycles. The molecule has 2 fully saturated rings. The topological polar surface area (TPSA) is 111 Å². The summed E-state index contributed by atoms with van der Waals surface area (Å²) in [5.41, 5.74) is 9.80. The van der Waals surface area contributed by atoms with E-state index in [-0.39, 0.29) is 41.1 Å². The van der Waals surface area contributed by atoms with Crippen molar-refractivity contribution in [2.24, 2.45) is 11.7 Å². The third kappa shape index (κ3) is 5.58. The molecular weight excluding hydrogens is 540 g/mol. The summed E-state index contributed by atoms with van der Waals surface area (Å²) >= 11 is 0. The molecule has 11 heteroatoms. The van der Waals surface area contributed by atoms with Gasteiger partial charge in [-0.1, -0.05) is 6.92 Å². The standard InChI is InChI=1S/C31H35F2N7O2/c1-18-16-39(17-26(34)31(18)37-19(2)41)28-5-8-35-14-22(28)13-29-36-15-23-3-4-27(38-40(23)29)30-24(32)11-21(12-25(30)33)20-6-9-42-10-7-20/h3-5,8,11-12,14-15,18,20,26,31H,6-7,9-10,13,16-17,34H2,1-2H3,(H,37,41)/t18-,26+,31-/m0/s1. The Morgan fingerprint density at radius 2 is 1.88 bits per heavy atom. The molecule has 6 rings (SSSR count). The van der Waals surface area contributed by atoms with Gasteiger partial charge in [0.15, 0.2) is 0 Å². The molecule has 0 radical (unpaired) electrons. The molecule has 9 nitrogen and oxygen atoms in total. The summed E-state index contributed by atoms with van der Waals surface area (Å²) in [6.45, 7) is 6.05. The van der Waals surface area contributed by atoms with Gasteiger partial charge in [-0.15, -0.1) is 0 Å². The van der Waals surface area contributed by atoms with Crippen molar-refractivity contribution in [3.05, 3.63) is 77.5 Å². The zero-order valence-electron chi connectivity index (χ0n) is 23.8. The zero-order valence-corrected chi connectivity index (χ0v) is 23.8. The minimum absolute atomic E-state index is 0.0786. The van der Waals surface area contributed by atoms with Gasteiger partial charge in [-0.2, -0.15) is 5.10 Å². The summed E-state index contributed by atoms with van der Waals surface area (Å²) in [4.78, 5) is 22.8. The van der Waals surface area contributed by atoms with Crippen LogP contribution in [0, 0.1) is 17.6 Å². The van der Waals surface area contributed by atoms with E-state index in [0.29, 0.717) is 49.6 Å². The lowest BCUT2D eigenvalue weighted by Crippen LogP contribution is -2.61. The van der Waals surface area contributed by atoms with E-state index in [4.69, 9.17) is 10.5 Å². The van der Waals surface area contributed by atoms with Gasteiger partial charge in [0.2, 0.25) is 5.91 Å². The van der Waals surface area contributed by atoms with Crippen LogP contribution >= 0.6 is 0 Å². The van der Waals surface area contributed by atoms with Crippen LogP contribution in [-0.4, -0.2) is 63.9 Å². The number of ether oxygens (including phenoxy) is 1. The van der Waals surface area contributed by atoms with Crippen molar-refractivity contribution in [2.75, 3.05) is 31.2 Å².